The van der Waals surface area contributed by atoms with Gasteiger partial charge < -0.3 is 14.6 Å². The summed E-state index contributed by atoms with van der Waals surface area (Å²) in [7, 11) is 0. The highest BCUT2D eigenvalue weighted by molar-refractivity contribution is 7.15. The van der Waals surface area contributed by atoms with E-state index < -0.39 is 29.3 Å². The Morgan fingerprint density at radius 1 is 1.06 bits per heavy atom. The number of Topliss-reactive ketones (excluding diaryl/α,β-unsaturated/α-hetero) is 1. The lowest BCUT2D eigenvalue weighted by Crippen LogP contribution is -2.29. The smallest absolute Gasteiger partial charge is 0.301 e. The van der Waals surface area contributed by atoms with Crippen LogP contribution in [0.2, 0.25) is 0 Å². The second-order valence-electron chi connectivity index (χ2n) is 7.35. The minimum Gasteiger partial charge on any atom is -0.507 e. The minimum atomic E-state index is -1.01. The number of aliphatic hydroxyl groups excluding tert-OH is 1. The summed E-state index contributed by atoms with van der Waals surface area (Å²) in [4.78, 5) is 27.5. The van der Waals surface area contributed by atoms with Crippen molar-refractivity contribution in [3.63, 3.8) is 0 Å². The maximum atomic E-state index is 13.4. The fourth-order valence-electron chi connectivity index (χ4n) is 3.73. The Morgan fingerprint density at radius 3 is 2.35 bits per heavy atom. The number of ether oxygens (including phenoxy) is 2. The van der Waals surface area contributed by atoms with Crippen LogP contribution in [0.4, 0.5) is 9.52 Å². The van der Waals surface area contributed by atoms with Crippen molar-refractivity contribution in [1.29, 1.82) is 0 Å². The quantitative estimate of drug-likeness (QED) is 0.302. The van der Waals surface area contributed by atoms with Gasteiger partial charge in [-0.2, -0.15) is 0 Å². The van der Waals surface area contributed by atoms with Crippen LogP contribution in [0.15, 0.2) is 48.0 Å². The SMILES string of the molecule is CCOc1ccc(C2C(=C(O)c3ccc(F)cc3)C(=O)C(=O)N2c2nnc(C)s2)cc1OCC. The molecule has 1 aliphatic rings. The zero-order valence-electron chi connectivity index (χ0n) is 18.7. The molecule has 0 saturated carbocycles. The van der Waals surface area contributed by atoms with Crippen molar-refractivity contribution in [2.75, 3.05) is 18.1 Å². The van der Waals surface area contributed by atoms with Crippen molar-refractivity contribution in [3.05, 3.63) is 70.0 Å². The molecular weight excluding hydrogens is 461 g/mol. The highest BCUT2D eigenvalue weighted by Gasteiger charge is 2.48. The van der Waals surface area contributed by atoms with Crippen molar-refractivity contribution >= 4 is 33.9 Å². The molecule has 0 aliphatic carbocycles. The number of hydrogen-bond acceptors (Lipinski definition) is 8. The van der Waals surface area contributed by atoms with Gasteiger partial charge in [-0.3, -0.25) is 14.5 Å². The molecule has 1 aromatic heterocycles. The van der Waals surface area contributed by atoms with Gasteiger partial charge in [-0.05, 0) is 62.7 Å². The van der Waals surface area contributed by atoms with Gasteiger partial charge in [0, 0.05) is 5.56 Å². The number of benzene rings is 2. The molecule has 2 heterocycles. The molecule has 1 atom stereocenters. The van der Waals surface area contributed by atoms with Gasteiger partial charge in [-0.25, -0.2) is 4.39 Å². The molecule has 2 aromatic carbocycles. The van der Waals surface area contributed by atoms with Crippen LogP contribution < -0.4 is 14.4 Å². The van der Waals surface area contributed by atoms with E-state index in [4.69, 9.17) is 9.47 Å². The van der Waals surface area contributed by atoms with Gasteiger partial charge in [0.05, 0.1) is 24.8 Å². The number of anilines is 1. The van der Waals surface area contributed by atoms with Gasteiger partial charge in [0.15, 0.2) is 11.5 Å². The molecule has 10 heteroatoms. The summed E-state index contributed by atoms with van der Waals surface area (Å²) in [6.45, 7) is 6.20. The van der Waals surface area contributed by atoms with Crippen molar-refractivity contribution in [1.82, 2.24) is 10.2 Å². The van der Waals surface area contributed by atoms with Crippen LogP contribution in [-0.4, -0.2) is 40.2 Å². The molecule has 176 valence electrons. The number of aromatic nitrogens is 2. The molecule has 34 heavy (non-hydrogen) atoms. The van der Waals surface area contributed by atoms with Gasteiger partial charge in [-0.1, -0.05) is 17.4 Å². The predicted molar refractivity (Wildman–Crippen MR) is 125 cm³/mol. The molecule has 3 aromatic rings. The highest BCUT2D eigenvalue weighted by atomic mass is 32.1. The first-order valence-electron chi connectivity index (χ1n) is 10.6. The highest BCUT2D eigenvalue weighted by Crippen LogP contribution is 2.44. The monoisotopic (exact) mass is 483 g/mol. The fraction of sp³-hybridized carbons (Fsp3) is 0.250. The van der Waals surface area contributed by atoms with Gasteiger partial charge in [0.2, 0.25) is 5.13 Å². The third-order valence-corrected chi connectivity index (χ3v) is 6.00. The summed E-state index contributed by atoms with van der Waals surface area (Å²) in [5.74, 6) is -1.70. The zero-order valence-corrected chi connectivity index (χ0v) is 19.6. The molecule has 1 aliphatic heterocycles. The molecule has 0 radical (unpaired) electrons. The second kappa shape index (κ2) is 9.60. The predicted octanol–water partition coefficient (Wildman–Crippen LogP) is 4.41. The number of ketones is 1. The first-order chi connectivity index (χ1) is 16.3. The number of aliphatic hydroxyl groups is 1. The number of halogens is 1. The maximum Gasteiger partial charge on any atom is 0.301 e. The van der Waals surface area contributed by atoms with Crippen LogP contribution >= 0.6 is 11.3 Å². The van der Waals surface area contributed by atoms with E-state index in [1.54, 1.807) is 25.1 Å². The first-order valence-corrected chi connectivity index (χ1v) is 11.4. The summed E-state index contributed by atoms with van der Waals surface area (Å²) in [5.41, 5.74) is 0.562. The topological polar surface area (TPSA) is 102 Å². The molecule has 4 rings (SSSR count). The van der Waals surface area contributed by atoms with Gasteiger partial charge in [-0.15, -0.1) is 10.2 Å². The molecule has 1 unspecified atom stereocenters. The molecule has 1 amide bonds. The maximum absolute atomic E-state index is 13.4. The average Bonchev–Trinajstić information content (AvgIpc) is 3.36. The Bertz CT molecular complexity index is 1270. The van der Waals surface area contributed by atoms with E-state index in [0.717, 1.165) is 23.5 Å². The minimum absolute atomic E-state index is 0.143. The number of aryl methyl sites for hydroxylation is 1. The van der Waals surface area contributed by atoms with Crippen LogP contribution in [0.5, 0.6) is 11.5 Å². The van der Waals surface area contributed by atoms with Crippen molar-refractivity contribution in [3.8, 4) is 11.5 Å². The molecule has 0 spiro atoms. The van der Waals surface area contributed by atoms with Crippen LogP contribution in [0.25, 0.3) is 5.76 Å². The van der Waals surface area contributed by atoms with E-state index in [1.807, 2.05) is 13.8 Å². The Morgan fingerprint density at radius 2 is 1.74 bits per heavy atom. The van der Waals surface area contributed by atoms with Crippen molar-refractivity contribution in [2.24, 2.45) is 0 Å². The molecule has 1 saturated heterocycles. The number of rotatable bonds is 7. The average molecular weight is 484 g/mol. The van der Waals surface area contributed by atoms with Crippen molar-refractivity contribution < 1.29 is 28.6 Å². The third-order valence-electron chi connectivity index (χ3n) is 5.17. The summed E-state index contributed by atoms with van der Waals surface area (Å²) < 4.78 is 24.8. The van der Waals surface area contributed by atoms with E-state index in [2.05, 4.69) is 10.2 Å². The van der Waals surface area contributed by atoms with Crippen molar-refractivity contribution in [2.45, 2.75) is 26.8 Å². The lowest BCUT2D eigenvalue weighted by Gasteiger charge is -2.23. The Kier molecular flexibility index (Phi) is 6.60. The zero-order chi connectivity index (χ0) is 24.4. The summed E-state index contributed by atoms with van der Waals surface area (Å²) in [5, 5.41) is 19.9. The standard InChI is InChI=1S/C24H22FN3O5S/c1-4-32-17-11-8-15(12-18(17)33-5-2)20-19(21(29)14-6-9-16(25)10-7-14)22(30)23(31)28(20)24-27-26-13(3)34-24/h6-12,20,29H,4-5H2,1-3H3. The van der Waals surface area contributed by atoms with Gasteiger partial charge in [0.25, 0.3) is 5.78 Å². The molecule has 8 nitrogen and oxygen atoms in total. The number of carbonyl (C=O) groups is 2. The lowest BCUT2D eigenvalue weighted by molar-refractivity contribution is -0.132. The first kappa shape index (κ1) is 23.4. The Labute approximate surface area is 199 Å². The summed E-state index contributed by atoms with van der Waals surface area (Å²) in [6, 6.07) is 9.06. The van der Waals surface area contributed by atoms with E-state index in [9.17, 15) is 19.1 Å². The van der Waals surface area contributed by atoms with Crippen LogP contribution in [0.1, 0.15) is 36.0 Å². The molecule has 1 fully saturated rings. The van der Waals surface area contributed by atoms with Crippen LogP contribution in [-0.2, 0) is 9.59 Å². The van der Waals surface area contributed by atoms with E-state index in [-0.39, 0.29) is 16.3 Å². The number of hydrogen-bond donors (Lipinski definition) is 1. The fourth-order valence-corrected chi connectivity index (χ4v) is 4.44. The summed E-state index contributed by atoms with van der Waals surface area (Å²) >= 11 is 1.15. The van der Waals surface area contributed by atoms with Crippen LogP contribution in [0, 0.1) is 12.7 Å². The third kappa shape index (κ3) is 4.24. The van der Waals surface area contributed by atoms with Gasteiger partial charge in [0.1, 0.15) is 16.6 Å². The Hall–Kier alpha value is -3.79. The van der Waals surface area contributed by atoms with E-state index in [0.29, 0.717) is 35.3 Å². The van der Waals surface area contributed by atoms with Gasteiger partial charge >= 0.3 is 5.91 Å². The molecule has 0 bridgehead atoms. The van der Waals surface area contributed by atoms with E-state index >= 15 is 0 Å². The largest absolute Gasteiger partial charge is 0.507 e. The number of nitrogens with zero attached hydrogens (tertiary/aromatic N) is 3. The molecule has 1 N–H and O–H groups in total. The Balaban J connectivity index is 1.93. The van der Waals surface area contributed by atoms with Crippen LogP contribution in [0.3, 0.4) is 0 Å². The molecular formula is C24H22FN3O5S. The normalized spacial score (nSPS) is 17.3. The number of amides is 1. The number of carbonyl (C=O) groups excluding carboxylic acids is 2. The van der Waals surface area contributed by atoms with E-state index in [1.165, 1.54) is 17.0 Å². The summed E-state index contributed by atoms with van der Waals surface area (Å²) in [6.07, 6.45) is 0. The second-order valence-corrected chi connectivity index (χ2v) is 8.51. The lowest BCUT2D eigenvalue weighted by atomic mass is 9.95.